The van der Waals surface area contributed by atoms with Crippen molar-refractivity contribution in [1.29, 1.82) is 0 Å². The van der Waals surface area contributed by atoms with Crippen LogP contribution in [0.3, 0.4) is 0 Å². The molecule has 0 saturated carbocycles. The lowest BCUT2D eigenvalue weighted by Gasteiger charge is -2.04. The zero-order valence-corrected chi connectivity index (χ0v) is 16.5. The van der Waals surface area contributed by atoms with Gasteiger partial charge in [0, 0.05) is 35.8 Å². The lowest BCUT2D eigenvalue weighted by Crippen LogP contribution is -2.21. The molecule has 0 spiro atoms. The lowest BCUT2D eigenvalue weighted by molar-refractivity contribution is -0.118. The maximum atomic E-state index is 10.9. The summed E-state index contributed by atoms with van der Waals surface area (Å²) in [5.41, 5.74) is 3.43. The second-order valence-electron chi connectivity index (χ2n) is 6.08. The highest BCUT2D eigenvalue weighted by atomic mass is 32.1. The van der Waals surface area contributed by atoms with Gasteiger partial charge in [-0.05, 0) is 36.3 Å². The van der Waals surface area contributed by atoms with Crippen LogP contribution in [0.25, 0.3) is 11.3 Å². The summed E-state index contributed by atoms with van der Waals surface area (Å²) in [6, 6.07) is 12.8. The van der Waals surface area contributed by atoms with E-state index in [1.54, 1.807) is 29.6 Å². The predicted molar refractivity (Wildman–Crippen MR) is 111 cm³/mol. The number of benzene rings is 1. The molecule has 0 fully saturated rings. The Kier molecular flexibility index (Phi) is 6.80. The van der Waals surface area contributed by atoms with Gasteiger partial charge in [-0.1, -0.05) is 30.3 Å². The number of nitrogens with one attached hydrogen (secondary N) is 2. The van der Waals surface area contributed by atoms with Crippen molar-refractivity contribution in [2.24, 2.45) is 0 Å². The highest BCUT2D eigenvalue weighted by Gasteiger charge is 2.05. The van der Waals surface area contributed by atoms with Crippen LogP contribution in [0.5, 0.6) is 0 Å². The van der Waals surface area contributed by atoms with Crippen LogP contribution >= 0.6 is 22.7 Å². The Morgan fingerprint density at radius 2 is 1.92 bits per heavy atom. The third kappa shape index (κ3) is 5.68. The number of thiophene rings is 1. The maximum Gasteiger partial charge on any atom is 0.216 e. The molecule has 1 amide bonds. The first-order valence-electron chi connectivity index (χ1n) is 8.76. The smallest absolute Gasteiger partial charge is 0.216 e. The highest BCUT2D eigenvalue weighted by molar-refractivity contribution is 7.14. The van der Waals surface area contributed by atoms with E-state index in [0.717, 1.165) is 48.7 Å². The molecule has 6 heteroatoms. The number of amides is 1. The number of rotatable bonds is 9. The van der Waals surface area contributed by atoms with E-state index in [4.69, 9.17) is 0 Å². The van der Waals surface area contributed by atoms with Crippen LogP contribution in [0.2, 0.25) is 0 Å². The normalized spacial score (nSPS) is 10.7. The second kappa shape index (κ2) is 9.50. The van der Waals surface area contributed by atoms with Crippen molar-refractivity contribution in [3.63, 3.8) is 0 Å². The van der Waals surface area contributed by atoms with E-state index < -0.39 is 0 Å². The standard InChI is InChI=1S/C20H23N3OS2/c1-15(24)21-11-2-4-16-6-8-17(9-7-16)19-14-26-20(23-19)22-12-10-18-5-3-13-25-18/h3,5-9,13-14H,2,4,10-12H2,1H3,(H,21,24)(H,22,23). The van der Waals surface area contributed by atoms with Crippen LogP contribution < -0.4 is 10.6 Å². The van der Waals surface area contributed by atoms with Crippen molar-refractivity contribution in [1.82, 2.24) is 10.3 Å². The van der Waals surface area contributed by atoms with Gasteiger partial charge in [0.15, 0.2) is 5.13 Å². The zero-order chi connectivity index (χ0) is 18.2. The summed E-state index contributed by atoms with van der Waals surface area (Å²) >= 11 is 3.44. The molecule has 3 aromatic rings. The van der Waals surface area contributed by atoms with Gasteiger partial charge < -0.3 is 10.6 Å². The minimum atomic E-state index is 0.0312. The van der Waals surface area contributed by atoms with Crippen LogP contribution in [0.4, 0.5) is 5.13 Å². The van der Waals surface area contributed by atoms with E-state index in [2.05, 4.69) is 62.8 Å². The number of aromatic nitrogens is 1. The summed E-state index contributed by atoms with van der Waals surface area (Å²) in [6.07, 6.45) is 2.95. The van der Waals surface area contributed by atoms with E-state index in [1.807, 2.05) is 0 Å². The van der Waals surface area contributed by atoms with E-state index in [1.165, 1.54) is 10.4 Å². The molecule has 2 heterocycles. The molecule has 0 aliphatic rings. The maximum absolute atomic E-state index is 10.9. The number of anilines is 1. The molecule has 0 radical (unpaired) electrons. The zero-order valence-electron chi connectivity index (χ0n) is 14.8. The summed E-state index contributed by atoms with van der Waals surface area (Å²) in [5.74, 6) is 0.0312. The Hall–Kier alpha value is -2.18. The van der Waals surface area contributed by atoms with Crippen molar-refractivity contribution < 1.29 is 4.79 Å². The summed E-state index contributed by atoms with van der Waals surface area (Å²) in [4.78, 5) is 16.9. The molecule has 4 nitrogen and oxygen atoms in total. The van der Waals surface area contributed by atoms with E-state index in [9.17, 15) is 4.79 Å². The first-order valence-corrected chi connectivity index (χ1v) is 10.5. The van der Waals surface area contributed by atoms with Crippen LogP contribution in [-0.2, 0) is 17.6 Å². The van der Waals surface area contributed by atoms with Gasteiger partial charge in [0.1, 0.15) is 0 Å². The lowest BCUT2D eigenvalue weighted by atomic mass is 10.1. The van der Waals surface area contributed by atoms with Crippen LogP contribution in [0, 0.1) is 0 Å². The number of thiazole rings is 1. The first kappa shape index (κ1) is 18.6. The molecule has 3 rings (SSSR count). The molecule has 1 aromatic carbocycles. The summed E-state index contributed by atoms with van der Waals surface area (Å²) in [5, 5.41) is 11.4. The van der Waals surface area contributed by atoms with Gasteiger partial charge in [-0.25, -0.2) is 4.98 Å². The van der Waals surface area contributed by atoms with Crippen molar-refractivity contribution in [2.75, 3.05) is 18.4 Å². The van der Waals surface area contributed by atoms with Crippen LogP contribution in [0.1, 0.15) is 23.8 Å². The Bertz CT molecular complexity index is 810. The SMILES string of the molecule is CC(=O)NCCCc1ccc(-c2csc(NCCc3cccs3)n2)cc1. The highest BCUT2D eigenvalue weighted by Crippen LogP contribution is 2.25. The third-order valence-electron chi connectivity index (χ3n) is 4.00. The quantitative estimate of drug-likeness (QED) is 0.530. The minimum absolute atomic E-state index is 0.0312. The van der Waals surface area contributed by atoms with Gasteiger partial charge in [0.05, 0.1) is 5.69 Å². The van der Waals surface area contributed by atoms with Crippen LogP contribution in [-0.4, -0.2) is 24.0 Å². The number of carbonyl (C=O) groups excluding carboxylic acids is 1. The second-order valence-corrected chi connectivity index (χ2v) is 7.97. The van der Waals surface area contributed by atoms with Gasteiger partial charge >= 0.3 is 0 Å². The molecule has 0 bridgehead atoms. The molecular formula is C20H23N3OS2. The van der Waals surface area contributed by atoms with Gasteiger partial charge in [0.25, 0.3) is 0 Å². The van der Waals surface area contributed by atoms with Crippen molar-refractivity contribution in [2.45, 2.75) is 26.2 Å². The molecule has 2 N–H and O–H groups in total. The van der Waals surface area contributed by atoms with Crippen molar-refractivity contribution >= 4 is 33.7 Å². The molecule has 0 aliphatic carbocycles. The number of nitrogens with zero attached hydrogens (tertiary/aromatic N) is 1. The molecule has 26 heavy (non-hydrogen) atoms. The number of carbonyl (C=O) groups is 1. The van der Waals surface area contributed by atoms with Crippen molar-refractivity contribution in [3.05, 3.63) is 57.6 Å². The molecule has 0 atom stereocenters. The molecule has 0 saturated heterocycles. The van der Waals surface area contributed by atoms with Gasteiger partial charge in [-0.3, -0.25) is 4.79 Å². The van der Waals surface area contributed by atoms with E-state index >= 15 is 0 Å². The Morgan fingerprint density at radius 3 is 2.65 bits per heavy atom. The molecule has 0 unspecified atom stereocenters. The molecule has 0 aliphatic heterocycles. The third-order valence-corrected chi connectivity index (χ3v) is 5.73. The summed E-state index contributed by atoms with van der Waals surface area (Å²) in [6.45, 7) is 3.18. The predicted octanol–water partition coefficient (Wildman–Crippen LogP) is 4.59. The fourth-order valence-electron chi connectivity index (χ4n) is 2.63. The average molecular weight is 386 g/mol. The molecular weight excluding hydrogens is 362 g/mol. The first-order chi connectivity index (χ1) is 12.7. The largest absolute Gasteiger partial charge is 0.361 e. The Morgan fingerprint density at radius 1 is 1.08 bits per heavy atom. The number of hydrogen-bond acceptors (Lipinski definition) is 5. The monoisotopic (exact) mass is 385 g/mol. The molecule has 136 valence electrons. The fourth-order valence-corrected chi connectivity index (χ4v) is 4.09. The number of aryl methyl sites for hydroxylation is 1. The number of hydrogen-bond donors (Lipinski definition) is 2. The van der Waals surface area contributed by atoms with E-state index in [0.29, 0.717) is 0 Å². The Balaban J connectivity index is 1.48. The summed E-state index contributed by atoms with van der Waals surface area (Å²) < 4.78 is 0. The Labute approximate surface area is 162 Å². The van der Waals surface area contributed by atoms with Gasteiger partial charge in [-0.2, -0.15) is 0 Å². The van der Waals surface area contributed by atoms with Gasteiger partial charge in [0.2, 0.25) is 5.91 Å². The minimum Gasteiger partial charge on any atom is -0.361 e. The summed E-state index contributed by atoms with van der Waals surface area (Å²) in [7, 11) is 0. The topological polar surface area (TPSA) is 54.0 Å². The van der Waals surface area contributed by atoms with Gasteiger partial charge in [-0.15, -0.1) is 22.7 Å². The van der Waals surface area contributed by atoms with Crippen molar-refractivity contribution in [3.8, 4) is 11.3 Å². The van der Waals surface area contributed by atoms with Crippen LogP contribution in [0.15, 0.2) is 47.2 Å². The fraction of sp³-hybridized carbons (Fsp3) is 0.300. The van der Waals surface area contributed by atoms with E-state index in [-0.39, 0.29) is 5.91 Å². The molecule has 2 aromatic heterocycles. The average Bonchev–Trinajstić information content (AvgIpc) is 3.31.